The SMILES string of the molecule is COC(=O)C1=C(N)n2c(s/c(=C\c3ccc(C(C)C)cc3)c2=O)=C(C#N)C1c1ccc(C(C)C)cc1. The van der Waals surface area contributed by atoms with Crippen LogP contribution in [0.1, 0.15) is 67.7 Å². The Balaban J connectivity index is 1.98. The molecule has 1 atom stereocenters. The lowest BCUT2D eigenvalue weighted by Gasteiger charge is -2.25. The van der Waals surface area contributed by atoms with E-state index < -0.39 is 11.9 Å². The quantitative estimate of drug-likeness (QED) is 0.539. The number of hydrogen-bond donors (Lipinski definition) is 1. The summed E-state index contributed by atoms with van der Waals surface area (Å²) in [7, 11) is 1.26. The van der Waals surface area contributed by atoms with E-state index in [1.165, 1.54) is 28.6 Å². The van der Waals surface area contributed by atoms with Crippen molar-refractivity contribution in [2.75, 3.05) is 7.11 Å². The largest absolute Gasteiger partial charge is 0.466 e. The maximum atomic E-state index is 13.4. The Labute approximate surface area is 214 Å². The molecule has 3 aromatic rings. The first-order valence-corrected chi connectivity index (χ1v) is 12.7. The molecular formula is C29H29N3O3S. The standard InChI is InChI=1S/C29H29N3O3S/c1-16(2)19-8-6-18(7-9-19)14-23-27(33)32-26(31)25(29(34)35-5)24(22(15-30)28(32)36-23)21-12-10-20(11-13-21)17(3)4/h6-14,16-17,24H,31H2,1-5H3/b23-14-. The molecule has 1 aliphatic heterocycles. The molecule has 6 nitrogen and oxygen atoms in total. The maximum absolute atomic E-state index is 13.4. The second-order valence-electron chi connectivity index (χ2n) is 9.45. The molecule has 4 rings (SSSR count). The number of benzene rings is 2. The van der Waals surface area contributed by atoms with Gasteiger partial charge in [-0.25, -0.2) is 4.79 Å². The average molecular weight is 500 g/mol. The number of nitriles is 1. The van der Waals surface area contributed by atoms with Crippen molar-refractivity contribution in [3.63, 3.8) is 0 Å². The van der Waals surface area contributed by atoms with E-state index in [2.05, 4.69) is 33.8 Å². The van der Waals surface area contributed by atoms with Crippen molar-refractivity contribution in [2.45, 2.75) is 45.4 Å². The topological polar surface area (TPSA) is 98.1 Å². The molecule has 2 N–H and O–H groups in total. The second-order valence-corrected chi connectivity index (χ2v) is 10.5. The molecule has 2 heterocycles. The number of hydrogen-bond acceptors (Lipinski definition) is 6. The molecule has 0 radical (unpaired) electrons. The molecule has 0 fully saturated rings. The van der Waals surface area contributed by atoms with Crippen molar-refractivity contribution in [3.8, 4) is 6.07 Å². The van der Waals surface area contributed by atoms with E-state index in [0.717, 1.165) is 16.7 Å². The Morgan fingerprint density at radius 1 is 1.06 bits per heavy atom. The number of aromatic nitrogens is 1. The highest BCUT2D eigenvalue weighted by molar-refractivity contribution is 7.07. The Hall–Kier alpha value is -3.89. The molecule has 1 aliphatic rings. The van der Waals surface area contributed by atoms with Crippen LogP contribution in [0.25, 0.3) is 17.5 Å². The summed E-state index contributed by atoms with van der Waals surface area (Å²) in [5.74, 6) is -0.679. The molecule has 36 heavy (non-hydrogen) atoms. The molecule has 2 aromatic carbocycles. The minimum Gasteiger partial charge on any atom is -0.466 e. The predicted octanol–water partition coefficient (Wildman–Crippen LogP) is 3.76. The summed E-state index contributed by atoms with van der Waals surface area (Å²) in [5.41, 5.74) is 10.4. The normalized spacial score (nSPS) is 15.9. The zero-order chi connectivity index (χ0) is 26.1. The lowest BCUT2D eigenvalue weighted by molar-refractivity contribution is -0.136. The fourth-order valence-electron chi connectivity index (χ4n) is 4.40. The van der Waals surface area contributed by atoms with Gasteiger partial charge < -0.3 is 10.5 Å². The molecule has 7 heteroatoms. The summed E-state index contributed by atoms with van der Waals surface area (Å²) < 4.78 is 7.16. The van der Waals surface area contributed by atoms with Crippen LogP contribution in [0.2, 0.25) is 0 Å². The van der Waals surface area contributed by atoms with Gasteiger partial charge in [-0.3, -0.25) is 9.36 Å². The summed E-state index contributed by atoms with van der Waals surface area (Å²) in [4.78, 5) is 26.3. The molecular weight excluding hydrogens is 470 g/mol. The van der Waals surface area contributed by atoms with Crippen molar-refractivity contribution in [1.82, 2.24) is 4.57 Å². The molecule has 0 saturated heterocycles. The fourth-order valence-corrected chi connectivity index (χ4v) is 5.53. The van der Waals surface area contributed by atoms with E-state index in [1.54, 1.807) is 6.08 Å². The number of thiazole rings is 1. The Morgan fingerprint density at radius 2 is 1.61 bits per heavy atom. The third-order valence-corrected chi connectivity index (χ3v) is 7.62. The number of esters is 1. The molecule has 1 unspecified atom stereocenters. The minimum absolute atomic E-state index is 0.00941. The number of nitrogens with zero attached hydrogens (tertiary/aromatic N) is 2. The molecule has 0 spiro atoms. The van der Waals surface area contributed by atoms with Crippen LogP contribution in [-0.4, -0.2) is 17.6 Å². The van der Waals surface area contributed by atoms with Gasteiger partial charge in [0, 0.05) is 0 Å². The van der Waals surface area contributed by atoms with E-state index >= 15 is 0 Å². The predicted molar refractivity (Wildman–Crippen MR) is 144 cm³/mol. The van der Waals surface area contributed by atoms with E-state index in [4.69, 9.17) is 10.5 Å². The van der Waals surface area contributed by atoms with Gasteiger partial charge in [0.2, 0.25) is 0 Å². The van der Waals surface area contributed by atoms with Crippen molar-refractivity contribution in [2.24, 2.45) is 5.73 Å². The van der Waals surface area contributed by atoms with Crippen LogP contribution < -0.4 is 20.5 Å². The highest BCUT2D eigenvalue weighted by Crippen LogP contribution is 2.37. The highest BCUT2D eigenvalue weighted by atomic mass is 32.1. The molecule has 0 bridgehead atoms. The van der Waals surface area contributed by atoms with E-state index in [9.17, 15) is 14.9 Å². The molecule has 0 amide bonds. The Morgan fingerprint density at radius 3 is 2.11 bits per heavy atom. The highest BCUT2D eigenvalue weighted by Gasteiger charge is 2.36. The van der Waals surface area contributed by atoms with Crippen LogP contribution in [0, 0.1) is 11.3 Å². The zero-order valence-electron chi connectivity index (χ0n) is 21.0. The van der Waals surface area contributed by atoms with Crippen molar-refractivity contribution in [3.05, 3.63) is 95.9 Å². The van der Waals surface area contributed by atoms with Gasteiger partial charge >= 0.3 is 5.97 Å². The number of fused-ring (bicyclic) bond motifs is 1. The van der Waals surface area contributed by atoms with Crippen molar-refractivity contribution >= 4 is 34.8 Å². The van der Waals surface area contributed by atoms with E-state index in [1.807, 2.05) is 48.5 Å². The summed E-state index contributed by atoms with van der Waals surface area (Å²) in [6.07, 6.45) is 1.79. The first kappa shape index (κ1) is 25.2. The van der Waals surface area contributed by atoms with Crippen LogP contribution in [0.3, 0.4) is 0 Å². The minimum atomic E-state index is -0.736. The number of methoxy groups -OCH3 is 1. The van der Waals surface area contributed by atoms with Crippen LogP contribution in [0.4, 0.5) is 0 Å². The number of nitrogens with two attached hydrogens (primary N) is 1. The lowest BCUT2D eigenvalue weighted by Crippen LogP contribution is -2.40. The number of ether oxygens (including phenoxy) is 1. The van der Waals surface area contributed by atoms with Gasteiger partial charge in [0.15, 0.2) is 0 Å². The summed E-state index contributed by atoms with van der Waals surface area (Å²) in [5, 5.41) is 10.2. The molecule has 0 saturated carbocycles. The van der Waals surface area contributed by atoms with E-state index in [0.29, 0.717) is 26.6 Å². The van der Waals surface area contributed by atoms with Gasteiger partial charge in [0.25, 0.3) is 5.56 Å². The Kier molecular flexibility index (Phi) is 7.00. The molecule has 184 valence electrons. The number of rotatable bonds is 5. The second kappa shape index (κ2) is 10.00. The van der Waals surface area contributed by atoms with Gasteiger partial charge in [0.05, 0.1) is 34.8 Å². The Bertz CT molecular complexity index is 1560. The summed E-state index contributed by atoms with van der Waals surface area (Å²) in [6, 6.07) is 18.0. The van der Waals surface area contributed by atoms with Crippen LogP contribution in [0.15, 0.2) is 58.9 Å². The first-order chi connectivity index (χ1) is 17.2. The monoisotopic (exact) mass is 499 g/mol. The summed E-state index contributed by atoms with van der Waals surface area (Å²) in [6.45, 7) is 8.44. The van der Waals surface area contributed by atoms with Crippen molar-refractivity contribution < 1.29 is 9.53 Å². The third kappa shape index (κ3) is 4.40. The van der Waals surface area contributed by atoms with Gasteiger partial charge in [0.1, 0.15) is 10.5 Å². The maximum Gasteiger partial charge on any atom is 0.338 e. The molecule has 1 aromatic heterocycles. The van der Waals surface area contributed by atoms with Gasteiger partial charge in [-0.1, -0.05) is 76.2 Å². The van der Waals surface area contributed by atoms with Crippen LogP contribution in [-0.2, 0) is 9.53 Å². The average Bonchev–Trinajstić information content (AvgIpc) is 3.19. The summed E-state index contributed by atoms with van der Waals surface area (Å²) >= 11 is 1.20. The molecule has 0 aliphatic carbocycles. The number of carbonyl (C=O) groups is 1. The smallest absolute Gasteiger partial charge is 0.338 e. The lowest BCUT2D eigenvalue weighted by atomic mass is 9.83. The van der Waals surface area contributed by atoms with Crippen LogP contribution in [0.5, 0.6) is 0 Å². The van der Waals surface area contributed by atoms with Gasteiger partial charge in [-0.2, -0.15) is 5.26 Å². The van der Waals surface area contributed by atoms with Crippen LogP contribution >= 0.6 is 11.3 Å². The van der Waals surface area contributed by atoms with Gasteiger partial charge in [-0.15, -0.1) is 11.3 Å². The third-order valence-electron chi connectivity index (χ3n) is 6.51. The van der Waals surface area contributed by atoms with Crippen molar-refractivity contribution in [1.29, 1.82) is 5.26 Å². The number of carbonyl (C=O) groups excluding carboxylic acids is 1. The van der Waals surface area contributed by atoms with Gasteiger partial charge in [-0.05, 0) is 40.2 Å². The first-order valence-electron chi connectivity index (χ1n) is 11.8. The fraction of sp³-hybridized carbons (Fsp3) is 0.276. The van der Waals surface area contributed by atoms with E-state index in [-0.39, 0.29) is 17.0 Å². The zero-order valence-corrected chi connectivity index (χ0v) is 21.8.